The molecule has 2 N–H and O–H groups in total. The number of methoxy groups -OCH3 is 2. The fraction of sp³-hybridized carbons (Fsp3) is 0.571. The van der Waals surface area contributed by atoms with Gasteiger partial charge in [0.15, 0.2) is 11.5 Å². The van der Waals surface area contributed by atoms with E-state index in [0.717, 1.165) is 29.5 Å². The van der Waals surface area contributed by atoms with Gasteiger partial charge in [0.25, 0.3) is 0 Å². The summed E-state index contributed by atoms with van der Waals surface area (Å²) >= 11 is 3.53. The van der Waals surface area contributed by atoms with E-state index in [9.17, 15) is 5.11 Å². The standard InChI is InChI=1S/C14H20BrNO3/c1-18-12-7-11(17)10(13(15)14(12)19-2)6-9-4-3-5-16-8-9/h7,9,16-17H,3-6,8H2,1-2H3. The molecule has 4 nitrogen and oxygen atoms in total. The average molecular weight is 330 g/mol. The number of phenols is 1. The third-order valence-corrected chi connectivity index (χ3v) is 4.42. The first-order valence-electron chi connectivity index (χ1n) is 6.50. The summed E-state index contributed by atoms with van der Waals surface area (Å²) in [5.41, 5.74) is 0.895. The summed E-state index contributed by atoms with van der Waals surface area (Å²) in [7, 11) is 3.17. The second kappa shape index (κ2) is 6.48. The van der Waals surface area contributed by atoms with Gasteiger partial charge in [0.1, 0.15) is 5.75 Å². The number of ether oxygens (including phenoxy) is 2. The molecule has 1 saturated heterocycles. The molecule has 0 aliphatic carbocycles. The van der Waals surface area contributed by atoms with E-state index in [4.69, 9.17) is 9.47 Å². The highest BCUT2D eigenvalue weighted by Gasteiger charge is 2.21. The lowest BCUT2D eigenvalue weighted by atomic mass is 9.92. The summed E-state index contributed by atoms with van der Waals surface area (Å²) in [5, 5.41) is 13.6. The zero-order valence-electron chi connectivity index (χ0n) is 11.3. The van der Waals surface area contributed by atoms with Crippen LogP contribution in [0.2, 0.25) is 0 Å². The molecule has 0 saturated carbocycles. The Morgan fingerprint density at radius 3 is 2.79 bits per heavy atom. The van der Waals surface area contributed by atoms with Gasteiger partial charge in [-0.25, -0.2) is 0 Å². The summed E-state index contributed by atoms with van der Waals surface area (Å²) in [4.78, 5) is 0. The molecule has 1 aliphatic heterocycles. The van der Waals surface area contributed by atoms with Gasteiger partial charge in [0.05, 0.1) is 18.7 Å². The van der Waals surface area contributed by atoms with Crippen LogP contribution in [0.5, 0.6) is 17.2 Å². The van der Waals surface area contributed by atoms with Crippen molar-refractivity contribution >= 4 is 15.9 Å². The van der Waals surface area contributed by atoms with Crippen LogP contribution in [-0.4, -0.2) is 32.4 Å². The summed E-state index contributed by atoms with van der Waals surface area (Å²) in [6.07, 6.45) is 3.21. The van der Waals surface area contributed by atoms with E-state index in [0.29, 0.717) is 17.4 Å². The third kappa shape index (κ3) is 3.15. The molecular weight excluding hydrogens is 310 g/mol. The lowest BCUT2D eigenvalue weighted by Gasteiger charge is -2.24. The van der Waals surface area contributed by atoms with Crippen LogP contribution in [0.15, 0.2) is 10.5 Å². The summed E-state index contributed by atoms with van der Waals surface area (Å²) in [5.74, 6) is 1.99. The predicted octanol–water partition coefficient (Wildman–Crippen LogP) is 2.71. The fourth-order valence-electron chi connectivity index (χ4n) is 2.56. The van der Waals surface area contributed by atoms with Gasteiger partial charge in [-0.3, -0.25) is 0 Å². The van der Waals surface area contributed by atoms with E-state index in [1.807, 2.05) is 0 Å². The number of benzene rings is 1. The van der Waals surface area contributed by atoms with Crippen molar-refractivity contribution in [2.75, 3.05) is 27.3 Å². The van der Waals surface area contributed by atoms with Crippen molar-refractivity contribution in [2.24, 2.45) is 5.92 Å². The minimum absolute atomic E-state index is 0.259. The maximum absolute atomic E-state index is 10.2. The van der Waals surface area contributed by atoms with Crippen molar-refractivity contribution in [3.8, 4) is 17.2 Å². The minimum Gasteiger partial charge on any atom is -0.507 e. The topological polar surface area (TPSA) is 50.7 Å². The molecule has 1 atom stereocenters. The van der Waals surface area contributed by atoms with Crippen molar-refractivity contribution in [1.82, 2.24) is 5.32 Å². The smallest absolute Gasteiger partial charge is 0.175 e. The van der Waals surface area contributed by atoms with Gasteiger partial charge < -0.3 is 19.9 Å². The van der Waals surface area contributed by atoms with Crippen LogP contribution in [0.3, 0.4) is 0 Å². The zero-order valence-corrected chi connectivity index (χ0v) is 12.9. The van der Waals surface area contributed by atoms with Crippen LogP contribution in [0.1, 0.15) is 18.4 Å². The first kappa shape index (κ1) is 14.5. The van der Waals surface area contributed by atoms with Crippen LogP contribution in [0.4, 0.5) is 0 Å². The molecule has 19 heavy (non-hydrogen) atoms. The molecule has 0 bridgehead atoms. The highest BCUT2D eigenvalue weighted by molar-refractivity contribution is 9.10. The number of nitrogens with one attached hydrogen (secondary N) is 1. The lowest BCUT2D eigenvalue weighted by Crippen LogP contribution is -2.30. The van der Waals surface area contributed by atoms with Crippen molar-refractivity contribution in [1.29, 1.82) is 0 Å². The molecule has 0 amide bonds. The highest BCUT2D eigenvalue weighted by atomic mass is 79.9. The zero-order chi connectivity index (χ0) is 13.8. The van der Waals surface area contributed by atoms with Crippen LogP contribution in [0.25, 0.3) is 0 Å². The molecular formula is C14H20BrNO3. The first-order valence-corrected chi connectivity index (χ1v) is 7.29. The molecule has 1 fully saturated rings. The molecule has 1 aliphatic rings. The fourth-order valence-corrected chi connectivity index (χ4v) is 3.28. The Hall–Kier alpha value is -0.940. The van der Waals surface area contributed by atoms with Gasteiger partial charge in [-0.2, -0.15) is 0 Å². The first-order chi connectivity index (χ1) is 9.17. The monoisotopic (exact) mass is 329 g/mol. The van der Waals surface area contributed by atoms with Crippen molar-refractivity contribution in [3.63, 3.8) is 0 Å². The molecule has 5 heteroatoms. The second-order valence-electron chi connectivity index (χ2n) is 4.84. The molecule has 1 aromatic carbocycles. The molecule has 1 aromatic rings. The van der Waals surface area contributed by atoms with Gasteiger partial charge in [-0.15, -0.1) is 0 Å². The quantitative estimate of drug-likeness (QED) is 0.891. The van der Waals surface area contributed by atoms with Gasteiger partial charge in [-0.05, 0) is 54.2 Å². The maximum Gasteiger partial charge on any atom is 0.175 e. The van der Waals surface area contributed by atoms with Crippen LogP contribution < -0.4 is 14.8 Å². The third-order valence-electron chi connectivity index (χ3n) is 3.58. The van der Waals surface area contributed by atoms with Gasteiger partial charge in [0, 0.05) is 11.6 Å². The normalized spacial score (nSPS) is 19.2. The van der Waals surface area contributed by atoms with Crippen LogP contribution >= 0.6 is 15.9 Å². The van der Waals surface area contributed by atoms with Gasteiger partial charge >= 0.3 is 0 Å². The van der Waals surface area contributed by atoms with Crippen LogP contribution in [0, 0.1) is 5.92 Å². The van der Waals surface area contributed by atoms with Gasteiger partial charge in [-0.1, -0.05) is 0 Å². The molecule has 0 aromatic heterocycles. The van der Waals surface area contributed by atoms with Crippen molar-refractivity contribution < 1.29 is 14.6 Å². The molecule has 106 valence electrons. The highest BCUT2D eigenvalue weighted by Crippen LogP contribution is 2.43. The Morgan fingerprint density at radius 1 is 1.42 bits per heavy atom. The number of piperidine rings is 1. The Balaban J connectivity index is 2.28. The largest absolute Gasteiger partial charge is 0.507 e. The van der Waals surface area contributed by atoms with E-state index in [1.54, 1.807) is 20.3 Å². The Labute approximate surface area is 122 Å². The second-order valence-corrected chi connectivity index (χ2v) is 5.63. The predicted molar refractivity (Wildman–Crippen MR) is 78.2 cm³/mol. The van der Waals surface area contributed by atoms with E-state index in [2.05, 4.69) is 21.2 Å². The van der Waals surface area contributed by atoms with Gasteiger partial charge in [0.2, 0.25) is 0 Å². The maximum atomic E-state index is 10.2. The molecule has 0 spiro atoms. The Bertz CT molecular complexity index is 445. The number of hydrogen-bond donors (Lipinski definition) is 2. The molecule has 2 rings (SSSR count). The molecule has 0 radical (unpaired) electrons. The SMILES string of the molecule is COc1cc(O)c(CC2CCCNC2)c(Br)c1OC. The molecule has 1 heterocycles. The number of hydrogen-bond acceptors (Lipinski definition) is 4. The number of phenolic OH excluding ortho intramolecular Hbond substituents is 1. The van der Waals surface area contributed by atoms with E-state index >= 15 is 0 Å². The average Bonchev–Trinajstić information content (AvgIpc) is 2.44. The summed E-state index contributed by atoms with van der Waals surface area (Å²) in [6, 6.07) is 1.62. The minimum atomic E-state index is 0.259. The lowest BCUT2D eigenvalue weighted by molar-refractivity contribution is 0.343. The number of halogens is 1. The van der Waals surface area contributed by atoms with Crippen LogP contribution in [-0.2, 0) is 6.42 Å². The van der Waals surface area contributed by atoms with Crippen molar-refractivity contribution in [3.05, 3.63) is 16.1 Å². The number of rotatable bonds is 4. The summed E-state index contributed by atoms with van der Waals surface area (Å²) in [6.45, 7) is 2.09. The molecule has 1 unspecified atom stereocenters. The Kier molecular flexibility index (Phi) is 4.93. The number of aromatic hydroxyl groups is 1. The van der Waals surface area contributed by atoms with E-state index in [-0.39, 0.29) is 5.75 Å². The van der Waals surface area contributed by atoms with E-state index < -0.39 is 0 Å². The summed E-state index contributed by atoms with van der Waals surface area (Å²) < 4.78 is 11.4. The van der Waals surface area contributed by atoms with E-state index in [1.165, 1.54) is 12.8 Å². The van der Waals surface area contributed by atoms with Crippen molar-refractivity contribution in [2.45, 2.75) is 19.3 Å². The Morgan fingerprint density at radius 2 is 2.21 bits per heavy atom.